The molecular weight excluding hydrogens is 446 g/mol. The Kier molecular flexibility index (Phi) is 13.0. The number of nitrogens with one attached hydrogen (secondary N) is 4. The van der Waals surface area contributed by atoms with Crippen molar-refractivity contribution in [1.82, 2.24) is 21.3 Å². The molecule has 4 amide bonds. The second-order valence-electron chi connectivity index (χ2n) is 9.30. The Labute approximate surface area is 200 Å². The first-order valence-corrected chi connectivity index (χ1v) is 11.3. The number of carbonyl (C=O) groups is 6. The van der Waals surface area contributed by atoms with Gasteiger partial charge in [-0.2, -0.15) is 0 Å². The van der Waals surface area contributed by atoms with Gasteiger partial charge < -0.3 is 36.9 Å². The number of aliphatic carboxylic acids is 1. The third-order valence-electron chi connectivity index (χ3n) is 5.21. The molecule has 0 aromatic heterocycles. The number of aldehydes is 1. The lowest BCUT2D eigenvalue weighted by Gasteiger charge is -2.27. The largest absolute Gasteiger partial charge is 0.481 e. The van der Waals surface area contributed by atoms with Crippen LogP contribution in [-0.4, -0.2) is 71.2 Å². The summed E-state index contributed by atoms with van der Waals surface area (Å²) in [6, 6.07) is -5.25. The predicted molar refractivity (Wildman–Crippen MR) is 124 cm³/mol. The van der Waals surface area contributed by atoms with Gasteiger partial charge >= 0.3 is 5.97 Å². The van der Waals surface area contributed by atoms with E-state index in [1.807, 2.05) is 0 Å². The molecule has 0 bridgehead atoms. The molecule has 0 radical (unpaired) electrons. The van der Waals surface area contributed by atoms with Gasteiger partial charge in [-0.15, -0.1) is 0 Å². The zero-order valence-electron chi connectivity index (χ0n) is 20.9. The van der Waals surface area contributed by atoms with Gasteiger partial charge in [0.05, 0.1) is 18.5 Å². The molecule has 12 heteroatoms. The summed E-state index contributed by atoms with van der Waals surface area (Å²) < 4.78 is 0. The van der Waals surface area contributed by atoms with Gasteiger partial charge in [-0.05, 0) is 24.7 Å². The summed E-state index contributed by atoms with van der Waals surface area (Å²) >= 11 is 0. The monoisotopic (exact) mass is 485 g/mol. The average molecular weight is 486 g/mol. The zero-order valence-corrected chi connectivity index (χ0v) is 20.9. The van der Waals surface area contributed by atoms with E-state index >= 15 is 0 Å². The SMILES string of the molecule is CC(C)[C@H](N)C(=O)N[C@@H](CC(=O)O)C(=O)N[C@H](C(=O)N[C@@H](C)C(=O)N[C@H](C=O)C(C)C)C(C)C. The van der Waals surface area contributed by atoms with Crippen molar-refractivity contribution in [3.05, 3.63) is 0 Å². The minimum absolute atomic E-state index is 0.141. The quantitative estimate of drug-likeness (QED) is 0.167. The van der Waals surface area contributed by atoms with Crippen molar-refractivity contribution in [3.63, 3.8) is 0 Å². The van der Waals surface area contributed by atoms with Crippen molar-refractivity contribution in [1.29, 1.82) is 0 Å². The van der Waals surface area contributed by atoms with Gasteiger partial charge in [0.2, 0.25) is 23.6 Å². The molecule has 0 aliphatic heterocycles. The summed E-state index contributed by atoms with van der Waals surface area (Å²) in [5, 5.41) is 18.9. The molecule has 12 nitrogen and oxygen atoms in total. The molecule has 0 heterocycles. The molecule has 0 saturated carbocycles. The van der Waals surface area contributed by atoms with E-state index in [4.69, 9.17) is 10.8 Å². The maximum absolute atomic E-state index is 12.8. The Balaban J connectivity index is 5.39. The lowest BCUT2D eigenvalue weighted by atomic mass is 10.0. The number of amides is 4. The fraction of sp³-hybridized carbons (Fsp3) is 0.727. The summed E-state index contributed by atoms with van der Waals surface area (Å²) in [6.45, 7) is 11.6. The highest BCUT2D eigenvalue weighted by Crippen LogP contribution is 2.06. The molecule has 0 aromatic rings. The Morgan fingerprint density at radius 2 is 1.29 bits per heavy atom. The number of hydrogen-bond donors (Lipinski definition) is 6. The van der Waals surface area contributed by atoms with Crippen LogP contribution in [0.2, 0.25) is 0 Å². The van der Waals surface area contributed by atoms with Crippen molar-refractivity contribution in [2.45, 2.75) is 85.1 Å². The number of carboxylic acid groups (broad SMARTS) is 1. The number of nitrogens with two attached hydrogens (primary N) is 1. The number of hydrogen-bond acceptors (Lipinski definition) is 7. The van der Waals surface area contributed by atoms with Gasteiger partial charge in [0.25, 0.3) is 0 Å². The van der Waals surface area contributed by atoms with Crippen LogP contribution >= 0.6 is 0 Å². The fourth-order valence-electron chi connectivity index (χ4n) is 2.76. The standard InChI is InChI=1S/C22H39N5O7/c1-10(2)15(9-28)26-19(31)13(7)24-22(34)18(12(5)6)27-20(32)14(8-16(29)30)25-21(33)17(23)11(3)4/h9-15,17-18H,8,23H2,1-7H3,(H,24,34)(H,25,33)(H,26,31)(H,27,32)(H,29,30)/t13-,14-,15+,17-,18-/m0/s1. The summed E-state index contributed by atoms with van der Waals surface area (Å²) in [5.74, 6) is -4.98. The molecule has 0 fully saturated rings. The van der Waals surface area contributed by atoms with E-state index in [0.29, 0.717) is 6.29 Å². The predicted octanol–water partition coefficient (Wildman–Crippen LogP) is -1.09. The van der Waals surface area contributed by atoms with Crippen LogP contribution in [0.4, 0.5) is 0 Å². The first kappa shape index (κ1) is 31.0. The van der Waals surface area contributed by atoms with Crippen LogP contribution in [-0.2, 0) is 28.8 Å². The first-order chi connectivity index (χ1) is 15.6. The number of rotatable bonds is 14. The van der Waals surface area contributed by atoms with Crippen LogP contribution in [0.5, 0.6) is 0 Å². The molecule has 194 valence electrons. The maximum Gasteiger partial charge on any atom is 0.305 e. The van der Waals surface area contributed by atoms with Crippen LogP contribution in [0.15, 0.2) is 0 Å². The van der Waals surface area contributed by atoms with Crippen LogP contribution in [0, 0.1) is 17.8 Å². The van der Waals surface area contributed by atoms with E-state index in [2.05, 4.69) is 21.3 Å². The Hall–Kier alpha value is -3.02. The first-order valence-electron chi connectivity index (χ1n) is 11.3. The minimum atomic E-state index is -1.45. The molecular formula is C22H39N5O7. The lowest BCUT2D eigenvalue weighted by Crippen LogP contribution is -2.59. The van der Waals surface area contributed by atoms with Crippen molar-refractivity contribution >= 4 is 35.9 Å². The van der Waals surface area contributed by atoms with E-state index in [1.165, 1.54) is 6.92 Å². The molecule has 0 aliphatic carbocycles. The van der Waals surface area contributed by atoms with Crippen LogP contribution in [0.25, 0.3) is 0 Å². The number of carboxylic acids is 1. The van der Waals surface area contributed by atoms with Gasteiger partial charge in [0.15, 0.2) is 0 Å². The maximum atomic E-state index is 12.8. The highest BCUT2D eigenvalue weighted by atomic mass is 16.4. The Morgan fingerprint density at radius 1 is 0.735 bits per heavy atom. The lowest BCUT2D eigenvalue weighted by molar-refractivity contribution is -0.141. The van der Waals surface area contributed by atoms with E-state index in [0.717, 1.165) is 0 Å². The Bertz CT molecular complexity index is 754. The fourth-order valence-corrected chi connectivity index (χ4v) is 2.76. The van der Waals surface area contributed by atoms with Crippen LogP contribution < -0.4 is 27.0 Å². The molecule has 0 aliphatic rings. The van der Waals surface area contributed by atoms with E-state index in [1.54, 1.807) is 41.5 Å². The van der Waals surface area contributed by atoms with Crippen molar-refractivity contribution < 1.29 is 33.9 Å². The summed E-state index contributed by atoms with van der Waals surface area (Å²) in [4.78, 5) is 72.5. The molecule has 34 heavy (non-hydrogen) atoms. The highest BCUT2D eigenvalue weighted by Gasteiger charge is 2.32. The molecule has 0 saturated heterocycles. The van der Waals surface area contributed by atoms with Gasteiger partial charge in [0, 0.05) is 0 Å². The average Bonchev–Trinajstić information content (AvgIpc) is 2.72. The third-order valence-corrected chi connectivity index (χ3v) is 5.21. The van der Waals surface area contributed by atoms with Crippen molar-refractivity contribution in [2.75, 3.05) is 0 Å². The second-order valence-corrected chi connectivity index (χ2v) is 9.30. The van der Waals surface area contributed by atoms with Gasteiger partial charge in [-0.25, -0.2) is 0 Å². The molecule has 5 atom stereocenters. The highest BCUT2D eigenvalue weighted by molar-refractivity contribution is 5.96. The molecule has 0 spiro atoms. The third kappa shape index (κ3) is 10.3. The van der Waals surface area contributed by atoms with Crippen molar-refractivity contribution in [3.8, 4) is 0 Å². The van der Waals surface area contributed by atoms with Gasteiger partial charge in [-0.1, -0.05) is 41.5 Å². The molecule has 0 unspecified atom stereocenters. The molecule has 7 N–H and O–H groups in total. The van der Waals surface area contributed by atoms with E-state index in [-0.39, 0.29) is 11.8 Å². The smallest absolute Gasteiger partial charge is 0.305 e. The Morgan fingerprint density at radius 3 is 1.71 bits per heavy atom. The van der Waals surface area contributed by atoms with Gasteiger partial charge in [0.1, 0.15) is 24.4 Å². The van der Waals surface area contributed by atoms with Gasteiger partial charge in [-0.3, -0.25) is 24.0 Å². The van der Waals surface area contributed by atoms with Crippen LogP contribution in [0.3, 0.4) is 0 Å². The topological polar surface area (TPSA) is 197 Å². The summed E-state index contributed by atoms with van der Waals surface area (Å²) in [7, 11) is 0. The molecule has 0 rings (SSSR count). The minimum Gasteiger partial charge on any atom is -0.481 e. The second kappa shape index (κ2) is 14.3. The van der Waals surface area contributed by atoms with Crippen molar-refractivity contribution in [2.24, 2.45) is 23.5 Å². The van der Waals surface area contributed by atoms with Crippen LogP contribution in [0.1, 0.15) is 54.9 Å². The normalized spacial score (nSPS) is 15.6. The summed E-state index contributed by atoms with van der Waals surface area (Å²) in [5.41, 5.74) is 5.77. The number of carbonyl (C=O) groups excluding carboxylic acids is 5. The van der Waals surface area contributed by atoms with E-state index in [9.17, 15) is 28.8 Å². The zero-order chi connectivity index (χ0) is 26.7. The van der Waals surface area contributed by atoms with E-state index < -0.39 is 72.1 Å². The molecule has 0 aromatic carbocycles. The summed E-state index contributed by atoms with van der Waals surface area (Å²) in [6.07, 6.45) is -0.105.